The van der Waals surface area contributed by atoms with Crippen molar-refractivity contribution in [3.8, 4) is 0 Å². The summed E-state index contributed by atoms with van der Waals surface area (Å²) in [5, 5.41) is 0. The van der Waals surface area contributed by atoms with E-state index in [0.29, 0.717) is 0 Å². The standard InChI is InChI=1S/C7H15N2.HI/c1-9-5-2-8(3-6-9)4-7-9;/h2-7H2,1H3;1H/q+1;/p-1. The third-order valence-electron chi connectivity index (χ3n) is 2.87. The van der Waals surface area contributed by atoms with E-state index in [0.717, 1.165) is 0 Å². The van der Waals surface area contributed by atoms with Gasteiger partial charge in [0.2, 0.25) is 0 Å². The van der Waals surface area contributed by atoms with Crippen molar-refractivity contribution >= 4 is 0 Å². The lowest BCUT2D eigenvalue weighted by molar-refractivity contribution is -0.922. The first-order chi connectivity index (χ1) is 4.29. The Labute approximate surface area is 79.8 Å². The SMILES string of the molecule is C[N+]12CCN(CC1)CC2.[I-]. The molecule has 2 nitrogen and oxygen atoms in total. The number of hydrogen-bond donors (Lipinski definition) is 0. The average molecular weight is 254 g/mol. The van der Waals surface area contributed by atoms with E-state index in [1.807, 2.05) is 0 Å². The molecule has 3 rings (SSSR count). The second-order valence-electron chi connectivity index (χ2n) is 3.63. The largest absolute Gasteiger partial charge is 1.00 e. The molecule has 0 aromatic rings. The fourth-order valence-corrected chi connectivity index (χ4v) is 1.82. The van der Waals surface area contributed by atoms with E-state index in [-0.39, 0.29) is 24.0 Å². The highest BCUT2D eigenvalue weighted by molar-refractivity contribution is 4.68. The maximum atomic E-state index is 2.57. The normalized spacial score (nSPS) is 44.7. The van der Waals surface area contributed by atoms with Gasteiger partial charge >= 0.3 is 0 Å². The van der Waals surface area contributed by atoms with Gasteiger partial charge in [-0.05, 0) is 0 Å². The second kappa shape index (κ2) is 2.95. The lowest BCUT2D eigenvalue weighted by Crippen LogP contribution is -3.00. The van der Waals surface area contributed by atoms with Crippen LogP contribution >= 0.6 is 0 Å². The Kier molecular flexibility index (Phi) is 2.58. The van der Waals surface area contributed by atoms with Crippen LogP contribution in [0.5, 0.6) is 0 Å². The van der Waals surface area contributed by atoms with Gasteiger partial charge in [0.05, 0.1) is 26.7 Å². The lowest BCUT2D eigenvalue weighted by Gasteiger charge is -2.48. The molecule has 0 unspecified atom stereocenters. The van der Waals surface area contributed by atoms with Crippen LogP contribution in [-0.4, -0.2) is 55.7 Å². The van der Waals surface area contributed by atoms with Crippen molar-refractivity contribution in [2.24, 2.45) is 0 Å². The molecule has 3 aliphatic rings. The summed E-state index contributed by atoms with van der Waals surface area (Å²) in [6, 6.07) is 0. The highest BCUT2D eigenvalue weighted by Crippen LogP contribution is 2.15. The maximum absolute atomic E-state index is 2.57. The van der Waals surface area contributed by atoms with Crippen molar-refractivity contribution in [3.63, 3.8) is 0 Å². The van der Waals surface area contributed by atoms with Crippen molar-refractivity contribution in [2.45, 2.75) is 0 Å². The van der Waals surface area contributed by atoms with Crippen LogP contribution in [0.3, 0.4) is 0 Å². The molecule has 10 heavy (non-hydrogen) atoms. The van der Waals surface area contributed by atoms with E-state index in [1.165, 1.54) is 43.8 Å². The molecular weight excluding hydrogens is 239 g/mol. The van der Waals surface area contributed by atoms with Gasteiger partial charge < -0.3 is 28.5 Å². The van der Waals surface area contributed by atoms with Gasteiger partial charge in [-0.25, -0.2) is 0 Å². The Morgan fingerprint density at radius 3 is 1.60 bits per heavy atom. The number of piperazine rings is 3. The predicted octanol–water partition coefficient (Wildman–Crippen LogP) is -3.23. The smallest absolute Gasteiger partial charge is 0.0914 e. The van der Waals surface area contributed by atoms with Crippen LogP contribution in [0, 0.1) is 0 Å². The highest BCUT2D eigenvalue weighted by atomic mass is 127. The van der Waals surface area contributed by atoms with Crippen LogP contribution in [0.2, 0.25) is 0 Å². The minimum absolute atomic E-state index is 0. The van der Waals surface area contributed by atoms with Crippen molar-refractivity contribution in [1.82, 2.24) is 4.90 Å². The Morgan fingerprint density at radius 2 is 1.40 bits per heavy atom. The molecule has 0 aliphatic carbocycles. The summed E-state index contributed by atoms with van der Waals surface area (Å²) in [6.07, 6.45) is 0. The highest BCUT2D eigenvalue weighted by Gasteiger charge is 2.34. The quantitative estimate of drug-likeness (QED) is 0.324. The first kappa shape index (κ1) is 8.74. The molecule has 0 amide bonds. The third-order valence-corrected chi connectivity index (χ3v) is 2.87. The fraction of sp³-hybridized carbons (Fsp3) is 1.00. The van der Waals surface area contributed by atoms with E-state index >= 15 is 0 Å². The molecule has 2 bridgehead atoms. The zero-order valence-electron chi connectivity index (χ0n) is 6.52. The summed E-state index contributed by atoms with van der Waals surface area (Å²) >= 11 is 0. The summed E-state index contributed by atoms with van der Waals surface area (Å²) in [5.74, 6) is 0. The molecule has 0 radical (unpaired) electrons. The van der Waals surface area contributed by atoms with E-state index in [2.05, 4.69) is 11.9 Å². The molecule has 60 valence electrons. The molecule has 3 fully saturated rings. The number of likely N-dealkylation sites (N-methyl/N-ethyl adjacent to an activating group) is 1. The monoisotopic (exact) mass is 254 g/mol. The Morgan fingerprint density at radius 1 is 1.00 bits per heavy atom. The van der Waals surface area contributed by atoms with Crippen molar-refractivity contribution < 1.29 is 28.5 Å². The van der Waals surface area contributed by atoms with Gasteiger partial charge in [-0.15, -0.1) is 0 Å². The van der Waals surface area contributed by atoms with E-state index in [4.69, 9.17) is 0 Å². The fourth-order valence-electron chi connectivity index (χ4n) is 1.82. The molecule has 0 N–H and O–H groups in total. The predicted molar refractivity (Wildman–Crippen MR) is 37.2 cm³/mol. The van der Waals surface area contributed by atoms with Gasteiger partial charge in [0.15, 0.2) is 0 Å². The summed E-state index contributed by atoms with van der Waals surface area (Å²) in [6.45, 7) is 8.20. The summed E-state index contributed by atoms with van der Waals surface area (Å²) in [7, 11) is 2.39. The van der Waals surface area contributed by atoms with Gasteiger partial charge in [-0.1, -0.05) is 0 Å². The second-order valence-corrected chi connectivity index (χ2v) is 3.63. The molecular formula is C7H15IN2. The first-order valence-electron chi connectivity index (χ1n) is 3.84. The third kappa shape index (κ3) is 1.46. The molecule has 3 saturated heterocycles. The lowest BCUT2D eigenvalue weighted by atomic mass is 10.2. The molecule has 3 heterocycles. The molecule has 0 aromatic carbocycles. The Balaban J connectivity index is 0.000000500. The van der Waals surface area contributed by atoms with Crippen LogP contribution in [0.25, 0.3) is 0 Å². The number of nitrogens with zero attached hydrogens (tertiary/aromatic N) is 2. The number of halogens is 1. The number of hydrogen-bond acceptors (Lipinski definition) is 1. The number of rotatable bonds is 0. The van der Waals surface area contributed by atoms with E-state index in [9.17, 15) is 0 Å². The molecule has 3 aliphatic heterocycles. The van der Waals surface area contributed by atoms with Crippen LogP contribution in [-0.2, 0) is 0 Å². The summed E-state index contributed by atoms with van der Waals surface area (Å²) in [4.78, 5) is 2.57. The van der Waals surface area contributed by atoms with Crippen molar-refractivity contribution in [1.29, 1.82) is 0 Å². The van der Waals surface area contributed by atoms with Crippen LogP contribution < -0.4 is 24.0 Å². The van der Waals surface area contributed by atoms with Gasteiger partial charge in [-0.3, -0.25) is 4.90 Å². The molecule has 0 aromatic heterocycles. The van der Waals surface area contributed by atoms with Crippen LogP contribution in [0.1, 0.15) is 0 Å². The first-order valence-corrected chi connectivity index (χ1v) is 3.84. The topological polar surface area (TPSA) is 3.24 Å². The minimum Gasteiger partial charge on any atom is -1.00 e. The Hall–Kier alpha value is 0.650. The van der Waals surface area contributed by atoms with Crippen LogP contribution in [0.15, 0.2) is 0 Å². The van der Waals surface area contributed by atoms with E-state index < -0.39 is 0 Å². The number of quaternary nitrogens is 1. The minimum atomic E-state index is 0. The summed E-state index contributed by atoms with van der Waals surface area (Å²) in [5.41, 5.74) is 0. The van der Waals surface area contributed by atoms with Gasteiger partial charge in [0.25, 0.3) is 0 Å². The molecule has 0 spiro atoms. The average Bonchev–Trinajstić information content (AvgIpc) is 1.90. The van der Waals surface area contributed by atoms with Crippen molar-refractivity contribution in [3.05, 3.63) is 0 Å². The van der Waals surface area contributed by atoms with E-state index in [1.54, 1.807) is 0 Å². The maximum Gasteiger partial charge on any atom is 0.0914 e. The zero-order chi connectivity index (χ0) is 6.32. The van der Waals surface area contributed by atoms with Gasteiger partial charge in [0.1, 0.15) is 0 Å². The van der Waals surface area contributed by atoms with Crippen LogP contribution in [0.4, 0.5) is 0 Å². The molecule has 0 atom stereocenters. The number of fused-ring (bicyclic) bond motifs is 3. The Bertz CT molecular complexity index is 105. The van der Waals surface area contributed by atoms with Gasteiger partial charge in [-0.2, -0.15) is 0 Å². The molecule has 0 saturated carbocycles. The van der Waals surface area contributed by atoms with Gasteiger partial charge in [0, 0.05) is 19.6 Å². The van der Waals surface area contributed by atoms with Crippen molar-refractivity contribution in [2.75, 3.05) is 46.3 Å². The zero-order valence-corrected chi connectivity index (χ0v) is 8.67. The summed E-state index contributed by atoms with van der Waals surface area (Å²) < 4.78 is 1.34. The molecule has 3 heteroatoms.